The number of nitrogens with zero attached hydrogens (tertiary/aromatic N) is 1. The SMILES string of the molecule is CN(C)C(C)(C)CNC(=O)C(Cc1ccccc1)C(N)=S. The second-order valence-electron chi connectivity index (χ2n) is 6.07. The molecule has 0 saturated heterocycles. The zero-order valence-electron chi connectivity index (χ0n) is 13.2. The molecule has 0 aromatic heterocycles. The number of hydrogen-bond donors (Lipinski definition) is 2. The highest BCUT2D eigenvalue weighted by Crippen LogP contribution is 2.12. The molecule has 1 aromatic rings. The Hall–Kier alpha value is -1.46. The molecule has 0 spiro atoms. The molecule has 0 heterocycles. The zero-order chi connectivity index (χ0) is 16.0. The summed E-state index contributed by atoms with van der Waals surface area (Å²) in [7, 11) is 3.97. The van der Waals surface area contributed by atoms with Crippen LogP contribution in [0.2, 0.25) is 0 Å². The zero-order valence-corrected chi connectivity index (χ0v) is 14.0. The molecular weight excluding hydrogens is 282 g/mol. The molecule has 3 N–H and O–H groups in total. The van der Waals surface area contributed by atoms with Crippen LogP contribution < -0.4 is 11.1 Å². The van der Waals surface area contributed by atoms with Crippen molar-refractivity contribution in [1.29, 1.82) is 0 Å². The fourth-order valence-corrected chi connectivity index (χ4v) is 1.95. The van der Waals surface area contributed by atoms with Gasteiger partial charge in [-0.25, -0.2) is 0 Å². The molecule has 0 aliphatic rings. The normalized spacial score (nSPS) is 13.0. The number of likely N-dealkylation sites (N-methyl/N-ethyl adjacent to an activating group) is 1. The number of carbonyl (C=O) groups is 1. The maximum Gasteiger partial charge on any atom is 0.230 e. The van der Waals surface area contributed by atoms with E-state index in [4.69, 9.17) is 18.0 Å². The van der Waals surface area contributed by atoms with Gasteiger partial charge >= 0.3 is 0 Å². The van der Waals surface area contributed by atoms with E-state index in [2.05, 4.69) is 24.1 Å². The van der Waals surface area contributed by atoms with Gasteiger partial charge in [0.1, 0.15) is 0 Å². The second kappa shape index (κ2) is 7.52. The Morgan fingerprint density at radius 2 is 1.90 bits per heavy atom. The molecule has 116 valence electrons. The second-order valence-corrected chi connectivity index (χ2v) is 6.54. The number of benzene rings is 1. The van der Waals surface area contributed by atoms with Gasteiger partial charge in [0.15, 0.2) is 0 Å². The van der Waals surface area contributed by atoms with E-state index in [-0.39, 0.29) is 16.4 Å². The van der Waals surface area contributed by atoms with E-state index in [1.54, 1.807) is 0 Å². The monoisotopic (exact) mass is 307 g/mol. The van der Waals surface area contributed by atoms with E-state index in [0.717, 1.165) is 5.56 Å². The number of carbonyl (C=O) groups excluding carboxylic acids is 1. The van der Waals surface area contributed by atoms with Crippen molar-refractivity contribution in [2.45, 2.75) is 25.8 Å². The lowest BCUT2D eigenvalue weighted by Crippen LogP contribution is -2.50. The quantitative estimate of drug-likeness (QED) is 0.751. The average molecular weight is 307 g/mol. The van der Waals surface area contributed by atoms with Gasteiger partial charge in [0.25, 0.3) is 0 Å². The summed E-state index contributed by atoms with van der Waals surface area (Å²) in [6.07, 6.45) is 0.532. The molecular formula is C16H25N3OS. The molecule has 1 unspecified atom stereocenters. The van der Waals surface area contributed by atoms with Crippen molar-refractivity contribution in [2.24, 2.45) is 11.7 Å². The van der Waals surface area contributed by atoms with Crippen molar-refractivity contribution in [3.63, 3.8) is 0 Å². The Labute approximate surface area is 132 Å². The molecule has 0 saturated carbocycles. The fraction of sp³-hybridized carbons (Fsp3) is 0.500. The summed E-state index contributed by atoms with van der Waals surface area (Å²) in [5.74, 6) is -0.582. The first-order valence-electron chi connectivity index (χ1n) is 7.02. The van der Waals surface area contributed by atoms with Crippen molar-refractivity contribution < 1.29 is 4.79 Å². The van der Waals surface area contributed by atoms with Gasteiger partial charge < -0.3 is 16.0 Å². The van der Waals surface area contributed by atoms with Crippen molar-refractivity contribution in [2.75, 3.05) is 20.6 Å². The summed E-state index contributed by atoms with van der Waals surface area (Å²) in [5.41, 5.74) is 6.68. The first-order valence-corrected chi connectivity index (χ1v) is 7.43. The Kier molecular flexibility index (Phi) is 6.30. The summed E-state index contributed by atoms with van der Waals surface area (Å²) in [6.45, 7) is 4.69. The molecule has 1 atom stereocenters. The van der Waals surface area contributed by atoms with Crippen LogP contribution in [0.25, 0.3) is 0 Å². The Morgan fingerprint density at radius 1 is 1.33 bits per heavy atom. The molecule has 1 rings (SSSR count). The molecule has 1 aromatic carbocycles. The van der Waals surface area contributed by atoms with Crippen molar-refractivity contribution in [3.8, 4) is 0 Å². The van der Waals surface area contributed by atoms with E-state index < -0.39 is 5.92 Å². The van der Waals surface area contributed by atoms with Crippen LogP contribution >= 0.6 is 12.2 Å². The van der Waals surface area contributed by atoms with E-state index in [1.807, 2.05) is 44.4 Å². The molecule has 21 heavy (non-hydrogen) atoms. The van der Waals surface area contributed by atoms with Gasteiger partial charge in [-0.1, -0.05) is 42.5 Å². The molecule has 5 heteroatoms. The Morgan fingerprint density at radius 3 is 2.38 bits per heavy atom. The van der Waals surface area contributed by atoms with Crippen LogP contribution in [0.3, 0.4) is 0 Å². The van der Waals surface area contributed by atoms with E-state index >= 15 is 0 Å². The van der Waals surface area contributed by atoms with E-state index in [1.165, 1.54) is 0 Å². The summed E-state index contributed by atoms with van der Waals surface area (Å²) in [6, 6.07) is 9.78. The highest BCUT2D eigenvalue weighted by atomic mass is 32.1. The van der Waals surface area contributed by atoms with Crippen LogP contribution in [-0.2, 0) is 11.2 Å². The largest absolute Gasteiger partial charge is 0.393 e. The topological polar surface area (TPSA) is 58.4 Å². The Bertz CT molecular complexity index is 486. The fourth-order valence-electron chi connectivity index (χ4n) is 1.76. The maximum absolute atomic E-state index is 12.4. The minimum Gasteiger partial charge on any atom is -0.393 e. The Balaban J connectivity index is 2.69. The average Bonchev–Trinajstić information content (AvgIpc) is 2.43. The lowest BCUT2D eigenvalue weighted by Gasteiger charge is -2.33. The van der Waals surface area contributed by atoms with Gasteiger partial charge in [-0.3, -0.25) is 4.79 Å². The molecule has 4 nitrogen and oxygen atoms in total. The third-order valence-corrected chi connectivity index (χ3v) is 4.13. The molecule has 0 aliphatic carbocycles. The predicted molar refractivity (Wildman–Crippen MR) is 91.2 cm³/mol. The molecule has 0 bridgehead atoms. The smallest absolute Gasteiger partial charge is 0.230 e. The number of nitrogens with two attached hydrogens (primary N) is 1. The van der Waals surface area contributed by atoms with Crippen LogP contribution in [0, 0.1) is 5.92 Å². The molecule has 0 radical (unpaired) electrons. The van der Waals surface area contributed by atoms with Gasteiger partial charge in [-0.2, -0.15) is 0 Å². The molecule has 0 fully saturated rings. The minimum absolute atomic E-state index is 0.110. The highest BCUT2D eigenvalue weighted by molar-refractivity contribution is 7.80. The van der Waals surface area contributed by atoms with Gasteiger partial charge in [-0.05, 0) is 39.9 Å². The van der Waals surface area contributed by atoms with Crippen molar-refractivity contribution >= 4 is 23.1 Å². The summed E-state index contributed by atoms with van der Waals surface area (Å²) in [4.78, 5) is 14.7. The van der Waals surface area contributed by atoms with Gasteiger partial charge in [-0.15, -0.1) is 0 Å². The minimum atomic E-state index is -0.472. The van der Waals surface area contributed by atoms with Crippen molar-refractivity contribution in [3.05, 3.63) is 35.9 Å². The third kappa shape index (κ3) is 5.44. The number of amides is 1. The first-order chi connectivity index (χ1) is 9.74. The van der Waals surface area contributed by atoms with Crippen molar-refractivity contribution in [1.82, 2.24) is 10.2 Å². The summed E-state index contributed by atoms with van der Waals surface area (Å²) < 4.78 is 0. The molecule has 0 aliphatic heterocycles. The molecule has 1 amide bonds. The number of nitrogens with one attached hydrogen (secondary N) is 1. The summed E-state index contributed by atoms with van der Waals surface area (Å²) in [5, 5.41) is 2.96. The van der Waals surface area contributed by atoms with Crippen LogP contribution in [0.5, 0.6) is 0 Å². The van der Waals surface area contributed by atoms with Crippen LogP contribution in [0.4, 0.5) is 0 Å². The maximum atomic E-state index is 12.4. The predicted octanol–water partition coefficient (Wildman–Crippen LogP) is 1.59. The standard InChI is InChI=1S/C16H25N3OS/c1-16(2,19(3)4)11-18-15(20)13(14(17)21)10-12-8-6-5-7-9-12/h5-9,13H,10-11H2,1-4H3,(H2,17,21)(H,18,20). The van der Waals surface area contributed by atoms with E-state index in [9.17, 15) is 4.79 Å². The number of rotatable bonds is 7. The van der Waals surface area contributed by atoms with E-state index in [0.29, 0.717) is 13.0 Å². The lowest BCUT2D eigenvalue weighted by atomic mass is 9.97. The van der Waals surface area contributed by atoms with Crippen LogP contribution in [0.15, 0.2) is 30.3 Å². The van der Waals surface area contributed by atoms with Gasteiger partial charge in [0, 0.05) is 12.1 Å². The lowest BCUT2D eigenvalue weighted by molar-refractivity contribution is -0.123. The van der Waals surface area contributed by atoms with Crippen LogP contribution in [-0.4, -0.2) is 42.0 Å². The van der Waals surface area contributed by atoms with Gasteiger partial charge in [0.05, 0.1) is 10.9 Å². The van der Waals surface area contributed by atoms with Gasteiger partial charge in [0.2, 0.25) is 5.91 Å². The first kappa shape index (κ1) is 17.6. The number of thiocarbonyl (C=S) groups is 1. The third-order valence-electron chi connectivity index (χ3n) is 3.85. The summed E-state index contributed by atoms with van der Waals surface area (Å²) >= 11 is 5.06. The highest BCUT2D eigenvalue weighted by Gasteiger charge is 2.26. The van der Waals surface area contributed by atoms with Crippen LogP contribution in [0.1, 0.15) is 19.4 Å². The number of hydrogen-bond acceptors (Lipinski definition) is 3.